The summed E-state index contributed by atoms with van der Waals surface area (Å²) in [5, 5.41) is 0. The van der Waals surface area contributed by atoms with Crippen molar-refractivity contribution in [2.24, 2.45) is 5.92 Å². The van der Waals surface area contributed by atoms with Crippen LogP contribution in [0.15, 0.2) is 11.1 Å². The van der Waals surface area contributed by atoms with Crippen LogP contribution in [0.2, 0.25) is 0 Å². The third-order valence-corrected chi connectivity index (χ3v) is 1.50. The average Bonchev–Trinajstić information content (AvgIpc) is 1.59. The van der Waals surface area contributed by atoms with Gasteiger partial charge in [0.05, 0.1) is 0 Å². The first-order valence-electron chi connectivity index (χ1n) is 3.65. The van der Waals surface area contributed by atoms with Gasteiger partial charge in [-0.2, -0.15) is 0 Å². The van der Waals surface area contributed by atoms with Gasteiger partial charge in [-0.15, -0.1) is 0 Å². The minimum absolute atomic E-state index is 0.204. The normalized spacial score (nSPS) is 9.80. The lowest BCUT2D eigenvalue weighted by Gasteiger charge is -2.08. The Kier molecular flexibility index (Phi) is 3.34. The van der Waals surface area contributed by atoms with Crippen LogP contribution in [0, 0.1) is 5.92 Å². The molecule has 0 unspecified atom stereocenters. The fourth-order valence-corrected chi connectivity index (χ4v) is 1.34. The van der Waals surface area contributed by atoms with E-state index in [1.807, 2.05) is 27.7 Å². The first-order chi connectivity index (χ1) is 4.46. The van der Waals surface area contributed by atoms with Crippen molar-refractivity contribution in [1.29, 1.82) is 0 Å². The smallest absolute Gasteiger partial charge is 0.155 e. The Morgan fingerprint density at radius 2 is 1.50 bits per heavy atom. The molecule has 0 aromatic rings. The molecule has 10 heavy (non-hydrogen) atoms. The second-order valence-electron chi connectivity index (χ2n) is 3.12. The van der Waals surface area contributed by atoms with Gasteiger partial charge in [0.2, 0.25) is 0 Å². The highest BCUT2D eigenvalue weighted by Crippen LogP contribution is 2.14. The molecule has 0 saturated heterocycles. The van der Waals surface area contributed by atoms with E-state index in [0.29, 0.717) is 5.92 Å². The minimum atomic E-state index is 0.204. The van der Waals surface area contributed by atoms with Crippen molar-refractivity contribution in [3.05, 3.63) is 11.1 Å². The predicted octanol–water partition coefficient (Wildman–Crippen LogP) is 2.57. The summed E-state index contributed by atoms with van der Waals surface area (Å²) < 4.78 is 0. The quantitative estimate of drug-likeness (QED) is 0.539. The van der Waals surface area contributed by atoms with Crippen molar-refractivity contribution in [1.82, 2.24) is 0 Å². The molecule has 1 nitrogen and oxygen atoms in total. The highest BCUT2D eigenvalue weighted by molar-refractivity contribution is 5.94. The number of carbonyl (C=O) groups excluding carboxylic acids is 1. The van der Waals surface area contributed by atoms with Gasteiger partial charge in [0.15, 0.2) is 5.78 Å². The van der Waals surface area contributed by atoms with Crippen LogP contribution in [-0.4, -0.2) is 5.78 Å². The number of hydrogen-bond donors (Lipinski definition) is 0. The van der Waals surface area contributed by atoms with Crippen LogP contribution in [0.5, 0.6) is 0 Å². The summed E-state index contributed by atoms with van der Waals surface area (Å²) in [6, 6.07) is 0. The molecule has 58 valence electrons. The molecule has 0 atom stereocenters. The topological polar surface area (TPSA) is 17.1 Å². The van der Waals surface area contributed by atoms with E-state index in [9.17, 15) is 4.79 Å². The van der Waals surface area contributed by atoms with Crippen LogP contribution >= 0.6 is 0 Å². The van der Waals surface area contributed by atoms with Crippen molar-refractivity contribution in [3.8, 4) is 0 Å². The van der Waals surface area contributed by atoms with Gasteiger partial charge in [0.25, 0.3) is 0 Å². The lowest BCUT2D eigenvalue weighted by molar-refractivity contribution is -0.114. The Hall–Kier alpha value is -0.590. The molecule has 0 radical (unpaired) electrons. The third kappa shape index (κ3) is 2.34. The second kappa shape index (κ2) is 3.55. The molecule has 0 N–H and O–H groups in total. The molecule has 0 spiro atoms. The van der Waals surface area contributed by atoms with E-state index in [4.69, 9.17) is 0 Å². The van der Waals surface area contributed by atoms with Crippen molar-refractivity contribution in [2.45, 2.75) is 34.6 Å². The van der Waals surface area contributed by atoms with Crippen LogP contribution in [0.1, 0.15) is 34.6 Å². The molecule has 0 rings (SSSR count). The van der Waals surface area contributed by atoms with Crippen molar-refractivity contribution < 1.29 is 4.79 Å². The zero-order valence-corrected chi connectivity index (χ0v) is 7.49. The van der Waals surface area contributed by atoms with Gasteiger partial charge in [0.1, 0.15) is 0 Å². The summed E-state index contributed by atoms with van der Waals surface area (Å²) >= 11 is 0. The van der Waals surface area contributed by atoms with E-state index in [1.54, 1.807) is 6.92 Å². The third-order valence-electron chi connectivity index (χ3n) is 1.50. The zero-order valence-electron chi connectivity index (χ0n) is 7.49. The molecule has 0 fully saturated rings. The molecule has 0 aliphatic heterocycles. The van der Waals surface area contributed by atoms with Gasteiger partial charge in [-0.1, -0.05) is 19.4 Å². The number of allylic oxidation sites excluding steroid dienone is 2. The van der Waals surface area contributed by atoms with E-state index in [-0.39, 0.29) is 5.78 Å². The van der Waals surface area contributed by atoms with E-state index in [2.05, 4.69) is 0 Å². The summed E-state index contributed by atoms with van der Waals surface area (Å²) in [5.74, 6) is 0.567. The monoisotopic (exact) mass is 140 g/mol. The van der Waals surface area contributed by atoms with Gasteiger partial charge in [-0.25, -0.2) is 0 Å². The van der Waals surface area contributed by atoms with E-state index < -0.39 is 0 Å². The Labute approximate surface area is 63.1 Å². The first-order valence-corrected chi connectivity index (χ1v) is 3.65. The molecular weight excluding hydrogens is 124 g/mol. The number of Topliss-reactive ketones (excluding diaryl/α,β-unsaturated/α-hetero) is 1. The van der Waals surface area contributed by atoms with Gasteiger partial charge in [-0.3, -0.25) is 4.79 Å². The van der Waals surface area contributed by atoms with E-state index in [1.165, 1.54) is 0 Å². The molecular formula is C9H16O. The van der Waals surface area contributed by atoms with Crippen LogP contribution < -0.4 is 0 Å². The molecule has 0 amide bonds. The summed E-state index contributed by atoms with van der Waals surface area (Å²) in [6.07, 6.45) is 0. The maximum atomic E-state index is 11.0. The van der Waals surface area contributed by atoms with Gasteiger partial charge >= 0.3 is 0 Å². The van der Waals surface area contributed by atoms with Crippen molar-refractivity contribution in [3.63, 3.8) is 0 Å². The second-order valence-corrected chi connectivity index (χ2v) is 3.12. The summed E-state index contributed by atoms with van der Waals surface area (Å²) in [7, 11) is 0. The molecule has 0 aromatic carbocycles. The van der Waals surface area contributed by atoms with E-state index >= 15 is 0 Å². The van der Waals surface area contributed by atoms with Crippen molar-refractivity contribution in [2.75, 3.05) is 0 Å². The lowest BCUT2D eigenvalue weighted by atomic mass is 9.96. The molecule has 1 heteroatoms. The number of hydrogen-bond acceptors (Lipinski definition) is 1. The maximum Gasteiger partial charge on any atom is 0.155 e. The average molecular weight is 140 g/mol. The molecule has 0 aromatic heterocycles. The number of carbonyl (C=O) groups is 1. The van der Waals surface area contributed by atoms with Crippen LogP contribution in [0.25, 0.3) is 0 Å². The fraction of sp³-hybridized carbons (Fsp3) is 0.667. The summed E-state index contributed by atoms with van der Waals surface area (Å²) in [4.78, 5) is 11.0. The number of ketones is 1. The Morgan fingerprint density at radius 3 is 1.50 bits per heavy atom. The molecule has 0 aliphatic carbocycles. The highest BCUT2D eigenvalue weighted by atomic mass is 16.1. The number of rotatable bonds is 2. The Balaban J connectivity index is 4.61. The van der Waals surface area contributed by atoms with Gasteiger partial charge in [-0.05, 0) is 32.3 Å². The molecule has 0 saturated carbocycles. The lowest BCUT2D eigenvalue weighted by Crippen LogP contribution is -2.05. The van der Waals surface area contributed by atoms with E-state index in [0.717, 1.165) is 11.1 Å². The molecule has 0 bridgehead atoms. The Morgan fingerprint density at radius 1 is 1.10 bits per heavy atom. The largest absolute Gasteiger partial charge is 0.295 e. The fourth-order valence-electron chi connectivity index (χ4n) is 1.34. The Bertz CT molecular complexity index is 160. The summed E-state index contributed by atoms with van der Waals surface area (Å²) in [5.41, 5.74) is 2.11. The minimum Gasteiger partial charge on any atom is -0.295 e. The SMILES string of the molecule is CC(=O)C(=C(C)C)C(C)C. The standard InChI is InChI=1S/C9H16O/c1-6(2)9(7(3)4)8(5)10/h6H,1-5H3. The van der Waals surface area contributed by atoms with Gasteiger partial charge in [0, 0.05) is 0 Å². The highest BCUT2D eigenvalue weighted by Gasteiger charge is 2.08. The van der Waals surface area contributed by atoms with Crippen LogP contribution in [0.4, 0.5) is 0 Å². The molecule has 0 aliphatic rings. The first kappa shape index (κ1) is 9.41. The van der Waals surface area contributed by atoms with Crippen LogP contribution in [-0.2, 0) is 4.79 Å². The maximum absolute atomic E-state index is 11.0. The van der Waals surface area contributed by atoms with Crippen molar-refractivity contribution >= 4 is 5.78 Å². The van der Waals surface area contributed by atoms with Gasteiger partial charge < -0.3 is 0 Å². The molecule has 0 heterocycles. The zero-order chi connectivity index (χ0) is 8.31. The van der Waals surface area contributed by atoms with Crippen LogP contribution in [0.3, 0.4) is 0 Å². The predicted molar refractivity (Wildman–Crippen MR) is 43.9 cm³/mol. The summed E-state index contributed by atoms with van der Waals surface area (Å²) in [6.45, 7) is 9.68.